The van der Waals surface area contributed by atoms with Crippen molar-refractivity contribution in [2.45, 2.75) is 97.4 Å². The molecule has 0 amide bonds. The fourth-order valence-corrected chi connectivity index (χ4v) is 2.88. The van der Waals surface area contributed by atoms with Crippen LogP contribution in [-0.2, 0) is 4.79 Å². The molecule has 0 radical (unpaired) electrons. The maximum atomic E-state index is 10.6. The van der Waals surface area contributed by atoms with E-state index in [9.17, 15) is 20.1 Å². The van der Waals surface area contributed by atoms with E-state index in [1.807, 2.05) is 6.08 Å². The summed E-state index contributed by atoms with van der Waals surface area (Å²) in [5, 5.41) is 37.1. The minimum Gasteiger partial charge on any atom is -0.479 e. The number of carboxylic acid groups (broad SMARTS) is 1. The third kappa shape index (κ3) is 12.1. The molecule has 0 heterocycles. The first-order valence-corrected chi connectivity index (χ1v) is 9.57. The van der Waals surface area contributed by atoms with Gasteiger partial charge in [0.2, 0.25) is 0 Å². The number of hydrogen-bond donors (Lipinski definition) is 4. The summed E-state index contributed by atoms with van der Waals surface area (Å²) in [6.45, 7) is 8.89. The van der Waals surface area contributed by atoms with Crippen molar-refractivity contribution in [3.63, 3.8) is 0 Å². The average molecular weight is 359 g/mol. The topological polar surface area (TPSA) is 98.0 Å². The van der Waals surface area contributed by atoms with E-state index in [-0.39, 0.29) is 6.42 Å². The molecule has 148 valence electrons. The lowest BCUT2D eigenvalue weighted by atomic mass is 9.94. The molecular weight excluding hydrogens is 320 g/mol. The van der Waals surface area contributed by atoms with Gasteiger partial charge in [0.1, 0.15) is 6.10 Å². The highest BCUT2D eigenvalue weighted by Gasteiger charge is 2.29. The molecule has 5 heteroatoms. The Morgan fingerprint density at radius 1 is 0.960 bits per heavy atom. The van der Waals surface area contributed by atoms with Gasteiger partial charge in [0, 0.05) is 0 Å². The molecule has 0 aromatic carbocycles. The number of aliphatic hydroxyl groups is 3. The van der Waals surface area contributed by atoms with E-state index in [1.54, 1.807) is 0 Å². The number of rotatable bonds is 14. The summed E-state index contributed by atoms with van der Waals surface area (Å²) in [5.41, 5.74) is 1.25. The van der Waals surface area contributed by atoms with Crippen LogP contribution in [-0.4, -0.2) is 44.7 Å². The maximum Gasteiger partial charge on any atom is 0.335 e. The van der Waals surface area contributed by atoms with Crippen LogP contribution in [0.3, 0.4) is 0 Å². The number of aliphatic hydroxyl groups excluding tert-OH is 3. The molecule has 0 bridgehead atoms. The molecule has 0 saturated heterocycles. The van der Waals surface area contributed by atoms with E-state index in [4.69, 9.17) is 5.11 Å². The zero-order chi connectivity index (χ0) is 19.4. The molecule has 0 saturated carbocycles. The summed E-state index contributed by atoms with van der Waals surface area (Å²) < 4.78 is 0. The van der Waals surface area contributed by atoms with E-state index in [1.165, 1.54) is 31.3 Å². The smallest absolute Gasteiger partial charge is 0.335 e. The Labute approximate surface area is 152 Å². The average Bonchev–Trinajstić information content (AvgIpc) is 2.52. The van der Waals surface area contributed by atoms with E-state index in [0.29, 0.717) is 6.42 Å². The third-order valence-corrected chi connectivity index (χ3v) is 4.67. The Kier molecular flexibility index (Phi) is 12.8. The van der Waals surface area contributed by atoms with Crippen molar-refractivity contribution in [3.8, 4) is 0 Å². The summed E-state index contributed by atoms with van der Waals surface area (Å²) in [6, 6.07) is 0. The van der Waals surface area contributed by atoms with Crippen molar-refractivity contribution in [2.75, 3.05) is 0 Å². The van der Waals surface area contributed by atoms with Crippen LogP contribution in [0.25, 0.3) is 0 Å². The minimum absolute atomic E-state index is 0.231. The number of carboxylic acids is 1. The predicted molar refractivity (Wildman–Crippen MR) is 100 cm³/mol. The van der Waals surface area contributed by atoms with Gasteiger partial charge in [-0.15, -0.1) is 0 Å². The lowest BCUT2D eigenvalue weighted by molar-refractivity contribution is -0.158. The SMILES string of the molecule is CC(=CCCC(O)[C@H](O)[C@H](O)C(=O)O)CCCC(C)CCCC(C)C. The Bertz CT molecular complexity index is 392. The van der Waals surface area contributed by atoms with Crippen LogP contribution in [0.2, 0.25) is 0 Å². The van der Waals surface area contributed by atoms with Gasteiger partial charge in [-0.05, 0) is 44.4 Å². The molecule has 0 aliphatic carbocycles. The number of allylic oxidation sites excluding steroid dienone is 2. The molecule has 0 aromatic heterocycles. The van der Waals surface area contributed by atoms with Crippen LogP contribution in [0, 0.1) is 11.8 Å². The summed E-state index contributed by atoms with van der Waals surface area (Å²) in [5.74, 6) is 0.00432. The van der Waals surface area contributed by atoms with E-state index >= 15 is 0 Å². The van der Waals surface area contributed by atoms with E-state index < -0.39 is 24.3 Å². The highest BCUT2D eigenvalue weighted by molar-refractivity contribution is 5.72. The lowest BCUT2D eigenvalue weighted by Gasteiger charge is -2.19. The quantitative estimate of drug-likeness (QED) is 0.356. The van der Waals surface area contributed by atoms with Gasteiger partial charge in [0.15, 0.2) is 6.10 Å². The van der Waals surface area contributed by atoms with Crippen LogP contribution < -0.4 is 0 Å². The maximum absolute atomic E-state index is 10.6. The molecular formula is C20H38O5. The molecule has 0 spiro atoms. The number of hydrogen-bond acceptors (Lipinski definition) is 4. The summed E-state index contributed by atoms with van der Waals surface area (Å²) in [4.78, 5) is 10.6. The molecule has 0 rings (SSSR count). The van der Waals surface area contributed by atoms with Crippen molar-refractivity contribution >= 4 is 5.97 Å². The molecule has 4 N–H and O–H groups in total. The Morgan fingerprint density at radius 3 is 2.12 bits per heavy atom. The van der Waals surface area contributed by atoms with Crippen molar-refractivity contribution in [1.29, 1.82) is 0 Å². The fraction of sp³-hybridized carbons (Fsp3) is 0.850. The van der Waals surface area contributed by atoms with Crippen molar-refractivity contribution in [3.05, 3.63) is 11.6 Å². The van der Waals surface area contributed by atoms with Gasteiger partial charge < -0.3 is 20.4 Å². The Hall–Kier alpha value is -0.910. The van der Waals surface area contributed by atoms with E-state index in [0.717, 1.165) is 24.7 Å². The normalized spacial score (nSPS) is 17.4. The standard InChI is InChI=1S/C20H38O5/c1-14(2)8-5-9-15(3)10-6-11-16(4)12-7-13-17(21)18(22)19(23)20(24)25/h12,14-15,17-19,21-23H,5-11,13H2,1-4H3,(H,24,25)/t15?,17?,18-,19-/m0/s1. The second kappa shape index (κ2) is 13.3. The second-order valence-corrected chi connectivity index (χ2v) is 7.79. The van der Waals surface area contributed by atoms with Crippen molar-refractivity contribution in [2.24, 2.45) is 11.8 Å². The number of carbonyl (C=O) groups is 1. The summed E-state index contributed by atoms with van der Waals surface area (Å²) in [7, 11) is 0. The zero-order valence-electron chi connectivity index (χ0n) is 16.3. The first kappa shape index (κ1) is 24.1. The van der Waals surface area contributed by atoms with Crippen LogP contribution in [0.15, 0.2) is 11.6 Å². The Morgan fingerprint density at radius 2 is 1.56 bits per heavy atom. The van der Waals surface area contributed by atoms with Gasteiger partial charge in [-0.2, -0.15) is 0 Å². The van der Waals surface area contributed by atoms with Crippen molar-refractivity contribution < 1.29 is 25.2 Å². The largest absolute Gasteiger partial charge is 0.479 e. The minimum atomic E-state index is -1.95. The van der Waals surface area contributed by atoms with Gasteiger partial charge in [-0.25, -0.2) is 4.79 Å². The molecule has 4 atom stereocenters. The predicted octanol–water partition coefficient (Wildman–Crippen LogP) is 3.51. The van der Waals surface area contributed by atoms with Gasteiger partial charge in [-0.1, -0.05) is 58.1 Å². The second-order valence-electron chi connectivity index (χ2n) is 7.79. The third-order valence-electron chi connectivity index (χ3n) is 4.67. The molecule has 0 aliphatic rings. The first-order valence-electron chi connectivity index (χ1n) is 9.57. The highest BCUT2D eigenvalue weighted by atomic mass is 16.4. The van der Waals surface area contributed by atoms with Crippen LogP contribution in [0.4, 0.5) is 0 Å². The monoisotopic (exact) mass is 358 g/mol. The molecule has 0 fully saturated rings. The molecule has 2 unspecified atom stereocenters. The van der Waals surface area contributed by atoms with Gasteiger partial charge in [-0.3, -0.25) is 0 Å². The van der Waals surface area contributed by atoms with Gasteiger partial charge in [0.05, 0.1) is 6.10 Å². The van der Waals surface area contributed by atoms with Gasteiger partial charge >= 0.3 is 5.97 Å². The molecule has 5 nitrogen and oxygen atoms in total. The van der Waals surface area contributed by atoms with E-state index in [2.05, 4.69) is 27.7 Å². The van der Waals surface area contributed by atoms with Crippen LogP contribution in [0.1, 0.15) is 79.1 Å². The molecule has 0 aromatic rings. The summed E-state index contributed by atoms with van der Waals surface area (Å²) in [6.07, 6.45) is 5.24. The fourth-order valence-electron chi connectivity index (χ4n) is 2.88. The number of aliphatic carboxylic acids is 1. The lowest BCUT2D eigenvalue weighted by Crippen LogP contribution is -2.42. The summed E-state index contributed by atoms with van der Waals surface area (Å²) >= 11 is 0. The molecule has 25 heavy (non-hydrogen) atoms. The first-order chi connectivity index (χ1) is 11.6. The zero-order valence-corrected chi connectivity index (χ0v) is 16.3. The van der Waals surface area contributed by atoms with Crippen molar-refractivity contribution in [1.82, 2.24) is 0 Å². The molecule has 0 aliphatic heterocycles. The van der Waals surface area contributed by atoms with Crippen LogP contribution in [0.5, 0.6) is 0 Å². The van der Waals surface area contributed by atoms with Gasteiger partial charge in [0.25, 0.3) is 0 Å². The highest BCUT2D eigenvalue weighted by Crippen LogP contribution is 2.19. The van der Waals surface area contributed by atoms with Crippen LogP contribution >= 0.6 is 0 Å². The Balaban J connectivity index is 3.93.